The Morgan fingerprint density at radius 1 is 1.36 bits per heavy atom. The molecule has 0 aliphatic heterocycles. The topological polar surface area (TPSA) is 85.2 Å². The van der Waals surface area contributed by atoms with Gasteiger partial charge in [0.1, 0.15) is 17.1 Å². The van der Waals surface area contributed by atoms with Crippen LogP contribution in [-0.2, 0) is 13.7 Å². The van der Waals surface area contributed by atoms with E-state index < -0.39 is 0 Å². The third-order valence-corrected chi connectivity index (χ3v) is 5.00. The maximum absolute atomic E-state index is 12.3. The first-order valence-electron chi connectivity index (χ1n) is 7.23. The first kappa shape index (κ1) is 15.6. The summed E-state index contributed by atoms with van der Waals surface area (Å²) < 4.78 is 9.63. The van der Waals surface area contributed by atoms with E-state index in [1.807, 2.05) is 17.5 Å². The van der Waals surface area contributed by atoms with Gasteiger partial charge in [-0.1, -0.05) is 11.6 Å². The highest BCUT2D eigenvalue weighted by atomic mass is 35.5. The zero-order valence-corrected chi connectivity index (χ0v) is 14.5. The first-order valence-corrected chi connectivity index (χ1v) is 8.48. The van der Waals surface area contributed by atoms with Crippen molar-refractivity contribution >= 4 is 38.9 Å². The van der Waals surface area contributed by atoms with Gasteiger partial charge in [-0.25, -0.2) is 0 Å². The van der Waals surface area contributed by atoms with E-state index in [9.17, 15) is 4.79 Å². The van der Waals surface area contributed by atoms with E-state index in [1.165, 1.54) is 15.9 Å². The van der Waals surface area contributed by atoms with Crippen molar-refractivity contribution < 1.29 is 4.74 Å². The Balaban J connectivity index is 1.76. The quantitative estimate of drug-likeness (QED) is 0.552. The number of hydrogen-bond donors (Lipinski definition) is 0. The number of ether oxygens (including phenoxy) is 1. The van der Waals surface area contributed by atoms with Crippen LogP contribution in [0.25, 0.3) is 16.0 Å². The van der Waals surface area contributed by atoms with Gasteiger partial charge < -0.3 is 4.74 Å². The summed E-state index contributed by atoms with van der Waals surface area (Å²) in [5, 5.41) is 19.3. The molecule has 0 atom stereocenters. The molecule has 9 heteroatoms. The third kappa shape index (κ3) is 2.45. The average molecular weight is 372 g/mol. The zero-order chi connectivity index (χ0) is 17.6. The van der Waals surface area contributed by atoms with Crippen LogP contribution in [0.4, 0.5) is 0 Å². The van der Waals surface area contributed by atoms with Gasteiger partial charge in [0.2, 0.25) is 5.78 Å². The molecular formula is C16H10ClN5O2S. The van der Waals surface area contributed by atoms with Crippen molar-refractivity contribution in [3.63, 3.8) is 0 Å². The molecular weight excluding hydrogens is 362 g/mol. The second-order valence-corrected chi connectivity index (χ2v) is 6.62. The molecule has 0 saturated heterocycles. The Hall–Kier alpha value is -2.89. The van der Waals surface area contributed by atoms with Crippen molar-refractivity contribution in [2.45, 2.75) is 6.61 Å². The Morgan fingerprint density at radius 3 is 2.96 bits per heavy atom. The number of nitrogens with zero attached hydrogens (tertiary/aromatic N) is 5. The fourth-order valence-electron chi connectivity index (χ4n) is 2.58. The predicted molar refractivity (Wildman–Crippen MR) is 94.1 cm³/mol. The minimum absolute atomic E-state index is 0.104. The molecule has 0 bridgehead atoms. The van der Waals surface area contributed by atoms with Crippen molar-refractivity contribution in [1.82, 2.24) is 19.2 Å². The molecule has 0 spiro atoms. The van der Waals surface area contributed by atoms with Crippen LogP contribution in [0, 0.1) is 11.3 Å². The second-order valence-electron chi connectivity index (χ2n) is 5.30. The largest absolute Gasteiger partial charge is 0.484 e. The lowest BCUT2D eigenvalue weighted by Gasteiger charge is -2.08. The maximum atomic E-state index is 12.3. The summed E-state index contributed by atoms with van der Waals surface area (Å²) in [6.45, 7) is 0.121. The van der Waals surface area contributed by atoms with Crippen molar-refractivity contribution in [2.75, 3.05) is 0 Å². The molecule has 0 N–H and O–H groups in total. The van der Waals surface area contributed by atoms with E-state index >= 15 is 0 Å². The van der Waals surface area contributed by atoms with Gasteiger partial charge in [0.05, 0.1) is 22.2 Å². The van der Waals surface area contributed by atoms with Gasteiger partial charge >= 0.3 is 0 Å². The normalized spacial score (nSPS) is 11.1. The molecule has 1 aromatic carbocycles. The average Bonchev–Trinajstić information content (AvgIpc) is 3.25. The lowest BCUT2D eigenvalue weighted by Crippen LogP contribution is -2.19. The molecule has 3 aromatic heterocycles. The van der Waals surface area contributed by atoms with Gasteiger partial charge in [0, 0.05) is 7.05 Å². The molecule has 0 amide bonds. The van der Waals surface area contributed by atoms with Gasteiger partial charge in [-0.2, -0.15) is 5.26 Å². The molecule has 0 saturated carbocycles. The second kappa shape index (κ2) is 5.88. The molecule has 124 valence electrons. The predicted octanol–water partition coefficient (Wildman–Crippen LogP) is 2.75. The maximum Gasteiger partial charge on any atom is 0.272 e. The smallest absolute Gasteiger partial charge is 0.272 e. The fourth-order valence-corrected chi connectivity index (χ4v) is 3.66. The SMILES string of the molecule is Cn1c(=O)c2sccc2n2c(COc3ccc(C#N)cc3Cl)nnc12. The van der Waals surface area contributed by atoms with Crippen LogP contribution in [0.3, 0.4) is 0 Å². The van der Waals surface area contributed by atoms with Crippen LogP contribution in [0.1, 0.15) is 11.4 Å². The number of nitriles is 1. The minimum atomic E-state index is -0.104. The summed E-state index contributed by atoms with van der Waals surface area (Å²) in [7, 11) is 1.66. The van der Waals surface area contributed by atoms with E-state index in [1.54, 1.807) is 29.6 Å². The molecule has 0 unspecified atom stereocenters. The summed E-state index contributed by atoms with van der Waals surface area (Å²) >= 11 is 7.50. The molecule has 0 aliphatic carbocycles. The van der Waals surface area contributed by atoms with Crippen LogP contribution in [0.2, 0.25) is 5.02 Å². The number of fused-ring (bicyclic) bond motifs is 3. The lowest BCUT2D eigenvalue weighted by atomic mass is 10.2. The van der Waals surface area contributed by atoms with Gasteiger partial charge in [-0.15, -0.1) is 21.5 Å². The Kier molecular flexibility index (Phi) is 3.67. The van der Waals surface area contributed by atoms with Crippen molar-refractivity contribution in [1.29, 1.82) is 5.26 Å². The van der Waals surface area contributed by atoms with Crippen LogP contribution in [-0.4, -0.2) is 19.2 Å². The van der Waals surface area contributed by atoms with E-state index in [0.29, 0.717) is 32.6 Å². The van der Waals surface area contributed by atoms with Crippen LogP contribution in [0.5, 0.6) is 5.75 Å². The molecule has 0 aliphatic rings. The summed E-state index contributed by atoms with van der Waals surface area (Å²) in [6, 6.07) is 8.69. The molecule has 4 rings (SSSR count). The highest BCUT2D eigenvalue weighted by Gasteiger charge is 2.16. The first-order chi connectivity index (χ1) is 12.1. The molecule has 3 heterocycles. The highest BCUT2D eigenvalue weighted by Crippen LogP contribution is 2.26. The Bertz CT molecular complexity index is 1220. The van der Waals surface area contributed by atoms with E-state index in [2.05, 4.69) is 10.2 Å². The number of thiophene rings is 1. The summed E-state index contributed by atoms with van der Waals surface area (Å²) in [5.41, 5.74) is 1.10. The number of hydrogen-bond acceptors (Lipinski definition) is 6. The molecule has 0 radical (unpaired) electrons. The van der Waals surface area contributed by atoms with Crippen LogP contribution >= 0.6 is 22.9 Å². The number of rotatable bonds is 3. The van der Waals surface area contributed by atoms with Crippen molar-refractivity contribution in [3.05, 3.63) is 56.4 Å². The molecule has 7 nitrogen and oxygen atoms in total. The summed E-state index contributed by atoms with van der Waals surface area (Å²) in [4.78, 5) is 12.3. The Morgan fingerprint density at radius 2 is 2.20 bits per heavy atom. The highest BCUT2D eigenvalue weighted by molar-refractivity contribution is 7.17. The van der Waals surface area contributed by atoms with Crippen molar-refractivity contribution in [2.24, 2.45) is 7.05 Å². The zero-order valence-electron chi connectivity index (χ0n) is 12.9. The van der Waals surface area contributed by atoms with E-state index in [0.717, 1.165) is 5.52 Å². The van der Waals surface area contributed by atoms with Gasteiger partial charge in [-0.3, -0.25) is 13.8 Å². The molecule has 0 fully saturated rings. The van der Waals surface area contributed by atoms with Gasteiger partial charge in [0.15, 0.2) is 5.82 Å². The number of aromatic nitrogens is 4. The van der Waals surface area contributed by atoms with Gasteiger partial charge in [0.25, 0.3) is 5.56 Å². The number of halogens is 1. The Labute approximate surface area is 150 Å². The van der Waals surface area contributed by atoms with Crippen molar-refractivity contribution in [3.8, 4) is 11.8 Å². The van der Waals surface area contributed by atoms with Crippen LogP contribution in [0.15, 0.2) is 34.4 Å². The van der Waals surface area contributed by atoms with Gasteiger partial charge in [-0.05, 0) is 29.6 Å². The fraction of sp³-hybridized carbons (Fsp3) is 0.125. The lowest BCUT2D eigenvalue weighted by molar-refractivity contribution is 0.295. The van der Waals surface area contributed by atoms with E-state index in [-0.39, 0.29) is 12.2 Å². The third-order valence-electron chi connectivity index (χ3n) is 3.81. The van der Waals surface area contributed by atoms with E-state index in [4.69, 9.17) is 21.6 Å². The molecule has 25 heavy (non-hydrogen) atoms. The monoisotopic (exact) mass is 371 g/mol. The molecule has 4 aromatic rings. The standard InChI is InChI=1S/C16H10ClN5O2S/c1-21-15(23)14-11(4-5-25-14)22-13(19-20-16(21)22)8-24-12-3-2-9(7-18)6-10(12)17/h2-6H,8H2,1H3. The van der Waals surface area contributed by atoms with Crippen LogP contribution < -0.4 is 10.3 Å². The summed E-state index contributed by atoms with van der Waals surface area (Å²) in [6.07, 6.45) is 0. The summed E-state index contributed by atoms with van der Waals surface area (Å²) in [5.74, 6) is 1.44. The number of aryl methyl sites for hydroxylation is 1. The number of benzene rings is 1. The minimum Gasteiger partial charge on any atom is -0.484 e.